The molecule has 8 heteroatoms. The Morgan fingerprint density at radius 3 is 2.54 bits per heavy atom. The molecule has 1 aromatic rings. The Kier molecular flexibility index (Phi) is 7.47. The zero-order chi connectivity index (χ0) is 26.5. The highest BCUT2D eigenvalue weighted by atomic mass is 16.4. The molecule has 4 saturated carbocycles. The highest BCUT2D eigenvalue weighted by Gasteiger charge is 2.64. The molecule has 1 aromatic heterocycles. The molecular weight excluding hydrogens is 468 g/mol. The summed E-state index contributed by atoms with van der Waals surface area (Å²) in [6.45, 7) is 10.3. The molecule has 37 heavy (non-hydrogen) atoms. The number of nitrogens with zero attached hydrogens (tertiary/aromatic N) is 4. The van der Waals surface area contributed by atoms with Gasteiger partial charge >= 0.3 is 5.97 Å². The third-order valence-corrected chi connectivity index (χ3v) is 12.1. The Morgan fingerprint density at radius 1 is 1.08 bits per heavy atom. The van der Waals surface area contributed by atoms with Crippen molar-refractivity contribution in [2.24, 2.45) is 52.3 Å². The lowest BCUT2D eigenvalue weighted by Crippen LogP contribution is -2.62. The fraction of sp³-hybridized carbons (Fsp3) is 0.931. The molecule has 0 amide bonds. The van der Waals surface area contributed by atoms with E-state index in [0.717, 1.165) is 38.5 Å². The van der Waals surface area contributed by atoms with E-state index in [1.807, 2.05) is 0 Å². The molecule has 0 aromatic carbocycles. The van der Waals surface area contributed by atoms with Gasteiger partial charge in [0.15, 0.2) is 5.82 Å². The number of hydrogen-bond donors (Lipinski definition) is 3. The van der Waals surface area contributed by atoms with Gasteiger partial charge in [-0.1, -0.05) is 34.1 Å². The van der Waals surface area contributed by atoms with Crippen molar-refractivity contribution in [3.63, 3.8) is 0 Å². The first kappa shape index (κ1) is 27.0. The maximum atomic E-state index is 11.9. The van der Waals surface area contributed by atoms with Crippen LogP contribution in [0.15, 0.2) is 0 Å². The van der Waals surface area contributed by atoms with E-state index in [0.29, 0.717) is 53.8 Å². The summed E-state index contributed by atoms with van der Waals surface area (Å²) in [4.78, 5) is 11.1. The zero-order valence-corrected chi connectivity index (χ0v) is 23.2. The number of carbonyl (C=O) groups is 1. The molecule has 4 fully saturated rings. The van der Waals surface area contributed by atoms with Gasteiger partial charge in [0.25, 0.3) is 0 Å². The number of hydrogen-bond acceptors (Lipinski definition) is 6. The Labute approximate surface area is 221 Å². The summed E-state index contributed by atoms with van der Waals surface area (Å²) < 4.78 is 1.65. The van der Waals surface area contributed by atoms with Gasteiger partial charge in [-0.3, -0.25) is 4.79 Å². The summed E-state index contributed by atoms with van der Waals surface area (Å²) in [5.41, 5.74) is 0.509. The van der Waals surface area contributed by atoms with Crippen LogP contribution < -0.4 is 0 Å². The summed E-state index contributed by atoms with van der Waals surface area (Å²) >= 11 is 0. The quantitative estimate of drug-likeness (QED) is 0.470. The van der Waals surface area contributed by atoms with Crippen molar-refractivity contribution in [3.05, 3.63) is 5.82 Å². The zero-order valence-electron chi connectivity index (χ0n) is 23.2. The summed E-state index contributed by atoms with van der Waals surface area (Å²) in [5.74, 6) is 3.01. The largest absolute Gasteiger partial charge is 0.481 e. The lowest BCUT2D eigenvalue weighted by molar-refractivity contribution is -0.203. The van der Waals surface area contributed by atoms with Crippen LogP contribution >= 0.6 is 0 Å². The summed E-state index contributed by atoms with van der Waals surface area (Å²) in [5, 5.41) is 43.0. The second kappa shape index (κ2) is 10.2. The molecule has 1 heterocycles. The van der Waals surface area contributed by atoms with Crippen LogP contribution in [-0.4, -0.2) is 53.7 Å². The van der Waals surface area contributed by atoms with Crippen molar-refractivity contribution < 1.29 is 20.1 Å². The summed E-state index contributed by atoms with van der Waals surface area (Å²) in [7, 11) is 0. The van der Waals surface area contributed by atoms with E-state index >= 15 is 0 Å². The van der Waals surface area contributed by atoms with Gasteiger partial charge in [-0.15, -0.1) is 5.10 Å². The Hall–Kier alpha value is -1.54. The van der Waals surface area contributed by atoms with Gasteiger partial charge in [-0.05, 0) is 120 Å². The number of carboxylic acids is 1. The molecule has 0 radical (unpaired) electrons. The van der Waals surface area contributed by atoms with E-state index in [1.54, 1.807) is 4.68 Å². The Bertz CT molecular complexity index is 969. The molecule has 0 aliphatic heterocycles. The van der Waals surface area contributed by atoms with Crippen LogP contribution in [0.4, 0.5) is 0 Å². The number of aliphatic carboxylic acids is 1. The minimum Gasteiger partial charge on any atom is -0.481 e. The normalized spacial score (nSPS) is 44.1. The number of fused-ring (bicyclic) bond motifs is 5. The van der Waals surface area contributed by atoms with Crippen LogP contribution in [0.2, 0.25) is 0 Å². The Balaban J connectivity index is 1.28. The van der Waals surface area contributed by atoms with Gasteiger partial charge in [-0.2, -0.15) is 0 Å². The summed E-state index contributed by atoms with van der Waals surface area (Å²) in [6, 6.07) is 0. The van der Waals surface area contributed by atoms with Crippen LogP contribution in [0.1, 0.15) is 97.7 Å². The third-order valence-electron chi connectivity index (χ3n) is 12.1. The molecule has 11 atom stereocenters. The van der Waals surface area contributed by atoms with Gasteiger partial charge in [0, 0.05) is 6.54 Å². The molecule has 208 valence electrons. The van der Waals surface area contributed by atoms with Crippen molar-refractivity contribution in [3.8, 4) is 0 Å². The number of aliphatic hydroxyl groups excluding tert-OH is 2. The van der Waals surface area contributed by atoms with E-state index in [1.165, 1.54) is 25.7 Å². The number of tetrazole rings is 1. The number of aromatic nitrogens is 4. The topological polar surface area (TPSA) is 121 Å². The van der Waals surface area contributed by atoms with Gasteiger partial charge in [0.1, 0.15) is 6.42 Å². The molecule has 0 saturated heterocycles. The maximum Gasteiger partial charge on any atom is 0.311 e. The van der Waals surface area contributed by atoms with Crippen molar-refractivity contribution in [1.29, 1.82) is 0 Å². The molecular formula is C29H48N4O4. The van der Waals surface area contributed by atoms with Gasteiger partial charge in [0.05, 0.1) is 12.2 Å². The van der Waals surface area contributed by atoms with Crippen LogP contribution in [0.5, 0.6) is 0 Å². The summed E-state index contributed by atoms with van der Waals surface area (Å²) in [6.07, 6.45) is 10.2. The number of aliphatic hydroxyl groups is 2. The standard InChI is InChI=1S/C29H48N4O4/c1-5-19-23-15-18(34)10-12-29(23,4)22-11-13-28(3)20(8-9-21(28)26(22)27(19)37)17(2)7-6-14-33-24(16-25(35)36)30-31-32-33/h17-23,26-27,34,37H,5-16H2,1-4H3,(H,35,36)/t17-,18-,19-,20-,21+,22+,23?,26+,27-,28?,29-/m1/s1. The Morgan fingerprint density at radius 2 is 1.81 bits per heavy atom. The molecule has 4 aliphatic carbocycles. The fourth-order valence-corrected chi connectivity index (χ4v) is 10.4. The minimum absolute atomic E-state index is 0.146. The molecule has 4 aliphatic rings. The molecule has 5 rings (SSSR count). The molecule has 0 spiro atoms. The van der Waals surface area contributed by atoms with Gasteiger partial charge in [0.2, 0.25) is 0 Å². The first-order valence-corrected chi connectivity index (χ1v) is 14.9. The molecule has 3 N–H and O–H groups in total. The van der Waals surface area contributed by atoms with Crippen LogP contribution in [0.25, 0.3) is 0 Å². The van der Waals surface area contributed by atoms with E-state index in [4.69, 9.17) is 5.11 Å². The van der Waals surface area contributed by atoms with E-state index in [2.05, 4.69) is 43.2 Å². The van der Waals surface area contributed by atoms with Gasteiger partial charge < -0.3 is 15.3 Å². The average Bonchev–Trinajstić information content (AvgIpc) is 3.43. The monoisotopic (exact) mass is 516 g/mol. The lowest BCUT2D eigenvalue weighted by atomic mass is 9.41. The number of rotatable bonds is 8. The van der Waals surface area contributed by atoms with Crippen molar-refractivity contribution in [2.45, 2.75) is 117 Å². The highest BCUT2D eigenvalue weighted by Crippen LogP contribution is 2.69. The lowest BCUT2D eigenvalue weighted by Gasteiger charge is -2.64. The number of aryl methyl sites for hydroxylation is 1. The van der Waals surface area contributed by atoms with Crippen molar-refractivity contribution >= 4 is 5.97 Å². The van der Waals surface area contributed by atoms with Crippen molar-refractivity contribution in [1.82, 2.24) is 20.2 Å². The van der Waals surface area contributed by atoms with E-state index < -0.39 is 5.97 Å². The third kappa shape index (κ3) is 4.54. The fourth-order valence-electron chi connectivity index (χ4n) is 10.4. The van der Waals surface area contributed by atoms with E-state index in [-0.39, 0.29) is 29.5 Å². The van der Waals surface area contributed by atoms with Crippen LogP contribution in [0, 0.1) is 52.3 Å². The van der Waals surface area contributed by atoms with Crippen molar-refractivity contribution in [2.75, 3.05) is 0 Å². The smallest absolute Gasteiger partial charge is 0.311 e. The van der Waals surface area contributed by atoms with Crippen LogP contribution in [-0.2, 0) is 17.8 Å². The van der Waals surface area contributed by atoms with Gasteiger partial charge in [-0.25, -0.2) is 4.68 Å². The molecule has 8 nitrogen and oxygen atoms in total. The highest BCUT2D eigenvalue weighted by molar-refractivity contribution is 5.68. The second-order valence-electron chi connectivity index (χ2n) is 13.6. The number of carboxylic acid groups (broad SMARTS) is 1. The molecule has 2 unspecified atom stereocenters. The molecule has 0 bridgehead atoms. The van der Waals surface area contributed by atoms with Crippen LogP contribution in [0.3, 0.4) is 0 Å². The predicted molar refractivity (Wildman–Crippen MR) is 139 cm³/mol. The maximum absolute atomic E-state index is 11.9. The minimum atomic E-state index is -0.912. The average molecular weight is 517 g/mol. The first-order valence-electron chi connectivity index (χ1n) is 14.9. The SMILES string of the molecule is CC[C@@H]1C2C[C@H](O)CC[C@]2(C)[C@H]2CCC3(C)[C@@H]([C@H](C)CCCn4nnnc4CC(=O)O)CC[C@H]3[C@@H]2[C@@H]1O. The second-order valence-corrected chi connectivity index (χ2v) is 13.6. The predicted octanol–water partition coefficient (Wildman–Crippen LogP) is 4.34. The van der Waals surface area contributed by atoms with E-state index in [9.17, 15) is 15.0 Å². The first-order chi connectivity index (χ1) is 17.6.